The second kappa shape index (κ2) is 6.42. The van der Waals surface area contributed by atoms with Gasteiger partial charge in [-0.05, 0) is 24.6 Å². The Balaban J connectivity index is 0.00000256. The number of hydrogen-bond acceptors (Lipinski definition) is 1. The van der Waals surface area contributed by atoms with Crippen LogP contribution in [0.3, 0.4) is 0 Å². The van der Waals surface area contributed by atoms with Crippen molar-refractivity contribution in [2.45, 2.75) is 25.1 Å². The van der Waals surface area contributed by atoms with Gasteiger partial charge < -0.3 is 5.73 Å². The Labute approximate surface area is 107 Å². The Morgan fingerprint density at radius 1 is 1.29 bits per heavy atom. The number of alkyl halides is 3. The molecule has 1 aromatic carbocycles. The molecule has 1 atom stereocenters. The Kier molecular flexibility index (Phi) is 6.23. The van der Waals surface area contributed by atoms with E-state index in [-0.39, 0.29) is 29.4 Å². The molecule has 0 saturated heterocycles. The van der Waals surface area contributed by atoms with Gasteiger partial charge >= 0.3 is 6.18 Å². The van der Waals surface area contributed by atoms with Gasteiger partial charge in [0.05, 0.1) is 0 Å². The van der Waals surface area contributed by atoms with E-state index in [4.69, 9.17) is 17.3 Å². The van der Waals surface area contributed by atoms with Gasteiger partial charge in [0.15, 0.2) is 0 Å². The normalized spacial score (nSPS) is 13.1. The minimum atomic E-state index is -4.29. The van der Waals surface area contributed by atoms with Crippen LogP contribution in [0.15, 0.2) is 18.2 Å². The highest BCUT2D eigenvalue weighted by Gasteiger charge is 2.28. The highest BCUT2D eigenvalue weighted by Crippen LogP contribution is 2.28. The molecule has 1 aromatic rings. The third kappa shape index (κ3) is 5.57. The zero-order valence-corrected chi connectivity index (χ0v) is 10.2. The molecule has 1 nitrogen and oxygen atoms in total. The zero-order valence-electron chi connectivity index (χ0n) is 8.60. The van der Waals surface area contributed by atoms with Crippen LogP contribution in [0.4, 0.5) is 17.6 Å². The van der Waals surface area contributed by atoms with Crippen molar-refractivity contribution in [1.82, 2.24) is 0 Å². The minimum Gasteiger partial charge on any atom is -0.324 e. The second-order valence-corrected chi connectivity index (χ2v) is 3.86. The number of benzene rings is 1. The second-order valence-electron chi connectivity index (χ2n) is 3.43. The molecule has 17 heavy (non-hydrogen) atoms. The maximum Gasteiger partial charge on any atom is 0.389 e. The lowest BCUT2D eigenvalue weighted by molar-refractivity contribution is -0.136. The lowest BCUT2D eigenvalue weighted by atomic mass is 10.0. The summed E-state index contributed by atoms with van der Waals surface area (Å²) < 4.78 is 49.0. The van der Waals surface area contributed by atoms with E-state index >= 15 is 0 Å². The largest absolute Gasteiger partial charge is 0.389 e. The van der Waals surface area contributed by atoms with Crippen LogP contribution in [0.5, 0.6) is 0 Å². The first-order valence-corrected chi connectivity index (χ1v) is 4.94. The molecule has 0 amide bonds. The van der Waals surface area contributed by atoms with Gasteiger partial charge in [-0.15, -0.1) is 12.4 Å². The lowest BCUT2D eigenvalue weighted by Crippen LogP contribution is -2.16. The zero-order chi connectivity index (χ0) is 12.3. The molecule has 0 heterocycles. The maximum atomic E-state index is 13.2. The summed E-state index contributed by atoms with van der Waals surface area (Å²) in [7, 11) is 0. The van der Waals surface area contributed by atoms with Crippen LogP contribution < -0.4 is 5.73 Å². The summed E-state index contributed by atoms with van der Waals surface area (Å²) in [5, 5.41) is 0.249. The highest BCUT2D eigenvalue weighted by atomic mass is 35.5. The quantitative estimate of drug-likeness (QED) is 0.828. The summed E-state index contributed by atoms with van der Waals surface area (Å²) in [5.41, 5.74) is 5.48. The lowest BCUT2D eigenvalue weighted by Gasteiger charge is -2.14. The molecule has 0 aliphatic carbocycles. The van der Waals surface area contributed by atoms with Crippen molar-refractivity contribution in [2.75, 3.05) is 0 Å². The fourth-order valence-corrected chi connectivity index (χ4v) is 1.45. The number of hydrogen-bond donors (Lipinski definition) is 1. The highest BCUT2D eigenvalue weighted by molar-refractivity contribution is 6.30. The molecule has 0 unspecified atom stereocenters. The van der Waals surface area contributed by atoms with Gasteiger partial charge in [0.2, 0.25) is 0 Å². The third-order valence-electron chi connectivity index (χ3n) is 2.10. The summed E-state index contributed by atoms with van der Waals surface area (Å²) >= 11 is 5.61. The van der Waals surface area contributed by atoms with Crippen LogP contribution in [0, 0.1) is 5.82 Å². The van der Waals surface area contributed by atoms with Crippen LogP contribution in [-0.2, 0) is 0 Å². The topological polar surface area (TPSA) is 26.0 Å². The molecule has 2 N–H and O–H groups in total. The molecule has 7 heteroatoms. The van der Waals surface area contributed by atoms with Gasteiger partial charge in [-0.3, -0.25) is 0 Å². The monoisotopic (exact) mass is 291 g/mol. The fourth-order valence-electron chi connectivity index (χ4n) is 1.27. The Hall–Kier alpha value is -0.520. The van der Waals surface area contributed by atoms with Crippen molar-refractivity contribution in [1.29, 1.82) is 0 Å². The van der Waals surface area contributed by atoms with E-state index in [0.29, 0.717) is 0 Å². The van der Waals surface area contributed by atoms with Crippen LogP contribution in [0.25, 0.3) is 0 Å². The maximum absolute atomic E-state index is 13.2. The standard InChI is InChI=1S/C10H10ClF4N.ClH/c11-6-1-2-8(12)7(5-6)9(16)3-4-10(13,14)15;/h1-2,5,9H,3-4,16H2;1H/t9-;/m0./s1. The molecular formula is C10H11Cl2F4N. The van der Waals surface area contributed by atoms with Crippen molar-refractivity contribution < 1.29 is 17.6 Å². The van der Waals surface area contributed by atoms with Gasteiger partial charge in [-0.25, -0.2) is 4.39 Å². The molecule has 0 fully saturated rings. The van der Waals surface area contributed by atoms with Crippen molar-refractivity contribution in [3.8, 4) is 0 Å². The van der Waals surface area contributed by atoms with E-state index in [0.717, 1.165) is 6.07 Å². The summed E-state index contributed by atoms with van der Waals surface area (Å²) in [6, 6.07) is 2.65. The number of nitrogens with two attached hydrogens (primary N) is 1. The van der Waals surface area contributed by atoms with E-state index in [1.807, 2.05) is 0 Å². The third-order valence-corrected chi connectivity index (χ3v) is 2.33. The van der Waals surface area contributed by atoms with Gasteiger partial charge in [0, 0.05) is 23.0 Å². The Bertz CT molecular complexity index is 368. The Morgan fingerprint density at radius 2 is 1.88 bits per heavy atom. The van der Waals surface area contributed by atoms with Gasteiger partial charge in [0.25, 0.3) is 0 Å². The van der Waals surface area contributed by atoms with E-state index in [1.165, 1.54) is 12.1 Å². The van der Waals surface area contributed by atoms with Crippen LogP contribution in [0.1, 0.15) is 24.4 Å². The van der Waals surface area contributed by atoms with Crippen LogP contribution in [0.2, 0.25) is 5.02 Å². The first kappa shape index (κ1) is 16.5. The molecule has 98 valence electrons. The predicted molar refractivity (Wildman–Crippen MR) is 60.9 cm³/mol. The molecule has 0 aromatic heterocycles. The first-order chi connectivity index (χ1) is 7.29. The molecule has 0 aliphatic rings. The average molecular weight is 292 g/mol. The van der Waals surface area contributed by atoms with E-state index in [1.54, 1.807) is 0 Å². The van der Waals surface area contributed by atoms with E-state index in [2.05, 4.69) is 0 Å². The summed E-state index contributed by atoms with van der Waals surface area (Å²) in [5.74, 6) is -0.640. The summed E-state index contributed by atoms with van der Waals surface area (Å²) in [6.45, 7) is 0. The number of rotatable bonds is 3. The minimum absolute atomic E-state index is 0. The summed E-state index contributed by atoms with van der Waals surface area (Å²) in [6.07, 6.45) is -5.69. The van der Waals surface area contributed by atoms with Crippen molar-refractivity contribution >= 4 is 24.0 Å². The summed E-state index contributed by atoms with van der Waals surface area (Å²) in [4.78, 5) is 0. The van der Waals surface area contributed by atoms with E-state index in [9.17, 15) is 17.6 Å². The molecule has 0 bridgehead atoms. The van der Waals surface area contributed by atoms with Gasteiger partial charge in [-0.2, -0.15) is 13.2 Å². The van der Waals surface area contributed by atoms with Crippen LogP contribution >= 0.6 is 24.0 Å². The molecular weight excluding hydrogens is 281 g/mol. The molecule has 0 spiro atoms. The van der Waals surface area contributed by atoms with Crippen molar-refractivity contribution in [2.24, 2.45) is 5.73 Å². The Morgan fingerprint density at radius 3 is 2.41 bits per heavy atom. The smallest absolute Gasteiger partial charge is 0.324 e. The molecule has 0 aliphatic heterocycles. The average Bonchev–Trinajstić information content (AvgIpc) is 2.17. The van der Waals surface area contributed by atoms with Crippen molar-refractivity contribution in [3.63, 3.8) is 0 Å². The molecule has 1 rings (SSSR count). The molecule has 0 radical (unpaired) electrons. The fraction of sp³-hybridized carbons (Fsp3) is 0.400. The van der Waals surface area contributed by atoms with Gasteiger partial charge in [0.1, 0.15) is 5.82 Å². The van der Waals surface area contributed by atoms with Crippen molar-refractivity contribution in [3.05, 3.63) is 34.6 Å². The molecule has 0 saturated carbocycles. The SMILES string of the molecule is Cl.N[C@@H](CCC(F)(F)F)c1cc(Cl)ccc1F. The number of halogens is 6. The van der Waals surface area contributed by atoms with E-state index < -0.39 is 24.5 Å². The first-order valence-electron chi connectivity index (χ1n) is 4.57. The predicted octanol–water partition coefficient (Wildman–Crippen LogP) is 4.24. The van der Waals surface area contributed by atoms with Gasteiger partial charge in [-0.1, -0.05) is 11.6 Å². The van der Waals surface area contributed by atoms with Crippen LogP contribution in [-0.4, -0.2) is 6.18 Å².